The highest BCUT2D eigenvalue weighted by molar-refractivity contribution is 9.10. The maximum Gasteiger partial charge on any atom is 0.126 e. The van der Waals surface area contributed by atoms with Crippen molar-refractivity contribution in [1.29, 1.82) is 0 Å². The Hall–Kier alpha value is -0.930. The summed E-state index contributed by atoms with van der Waals surface area (Å²) in [4.78, 5) is 0. The van der Waals surface area contributed by atoms with Gasteiger partial charge in [-0.15, -0.1) is 11.6 Å². The molecule has 0 bridgehead atoms. The van der Waals surface area contributed by atoms with Crippen LogP contribution in [0.4, 0.5) is 0 Å². The molecule has 1 aromatic heterocycles. The molecule has 0 saturated carbocycles. The molecule has 17 heavy (non-hydrogen) atoms. The third-order valence-corrected chi connectivity index (χ3v) is 3.63. The number of alkyl halides is 1. The number of rotatable bonds is 3. The molecule has 1 atom stereocenters. The fourth-order valence-electron chi connectivity index (χ4n) is 1.58. The first-order chi connectivity index (χ1) is 8.11. The van der Waals surface area contributed by atoms with Crippen LogP contribution in [0.2, 0.25) is 0 Å². The third kappa shape index (κ3) is 2.67. The molecule has 1 unspecified atom stereocenters. The molecule has 0 radical (unpaired) electrons. The second-order valence-electron chi connectivity index (χ2n) is 3.70. The topological polar surface area (TPSA) is 22.4 Å². The summed E-state index contributed by atoms with van der Waals surface area (Å²) < 4.78 is 11.6. The quantitative estimate of drug-likeness (QED) is 0.767. The number of furan rings is 1. The van der Waals surface area contributed by atoms with Crippen molar-refractivity contribution in [3.63, 3.8) is 0 Å². The number of aryl methyl sites for hydroxylation is 1. The molecule has 2 aromatic rings. The Kier molecular flexibility index (Phi) is 3.79. The van der Waals surface area contributed by atoms with Crippen LogP contribution in [0.3, 0.4) is 0 Å². The van der Waals surface area contributed by atoms with E-state index in [1.807, 2.05) is 37.3 Å². The van der Waals surface area contributed by atoms with E-state index in [1.54, 1.807) is 7.11 Å². The first-order valence-corrected chi connectivity index (χ1v) is 6.38. The monoisotopic (exact) mass is 314 g/mol. The van der Waals surface area contributed by atoms with Crippen molar-refractivity contribution in [2.24, 2.45) is 0 Å². The molecule has 0 aliphatic rings. The van der Waals surface area contributed by atoms with E-state index in [0.717, 1.165) is 27.3 Å². The first-order valence-electron chi connectivity index (χ1n) is 5.15. The molecule has 1 heterocycles. The van der Waals surface area contributed by atoms with Crippen molar-refractivity contribution in [2.75, 3.05) is 7.11 Å². The van der Waals surface area contributed by atoms with Crippen LogP contribution in [0, 0.1) is 6.92 Å². The van der Waals surface area contributed by atoms with Crippen LogP contribution in [0.15, 0.2) is 39.2 Å². The van der Waals surface area contributed by atoms with E-state index in [2.05, 4.69) is 15.9 Å². The highest BCUT2D eigenvalue weighted by atomic mass is 79.9. The summed E-state index contributed by atoms with van der Waals surface area (Å²) in [6, 6.07) is 9.50. The zero-order chi connectivity index (χ0) is 12.4. The van der Waals surface area contributed by atoms with Gasteiger partial charge < -0.3 is 9.15 Å². The van der Waals surface area contributed by atoms with Gasteiger partial charge in [-0.25, -0.2) is 0 Å². The van der Waals surface area contributed by atoms with E-state index in [9.17, 15) is 0 Å². The molecule has 0 aliphatic carbocycles. The number of methoxy groups -OCH3 is 1. The summed E-state index contributed by atoms with van der Waals surface area (Å²) in [5, 5.41) is -0.302. The van der Waals surface area contributed by atoms with Crippen LogP contribution in [-0.2, 0) is 0 Å². The molecular weight excluding hydrogens is 303 g/mol. The average Bonchev–Trinajstić information content (AvgIpc) is 2.75. The lowest BCUT2D eigenvalue weighted by Gasteiger charge is -2.10. The van der Waals surface area contributed by atoms with Gasteiger partial charge in [0, 0.05) is 4.47 Å². The molecule has 0 N–H and O–H groups in total. The highest BCUT2D eigenvalue weighted by Crippen LogP contribution is 2.36. The van der Waals surface area contributed by atoms with Crippen molar-refractivity contribution >= 4 is 27.5 Å². The third-order valence-electron chi connectivity index (χ3n) is 2.49. The van der Waals surface area contributed by atoms with Crippen LogP contribution in [0.25, 0.3) is 0 Å². The molecule has 90 valence electrons. The van der Waals surface area contributed by atoms with Crippen LogP contribution < -0.4 is 4.74 Å². The second-order valence-corrected chi connectivity index (χ2v) is 4.99. The molecule has 0 fully saturated rings. The Morgan fingerprint density at radius 3 is 2.59 bits per heavy atom. The predicted octanol–water partition coefficient (Wildman–Crippen LogP) is 4.69. The summed E-state index contributed by atoms with van der Waals surface area (Å²) >= 11 is 9.87. The van der Waals surface area contributed by atoms with Crippen LogP contribution >= 0.6 is 27.5 Å². The molecule has 0 spiro atoms. The minimum atomic E-state index is -0.302. The highest BCUT2D eigenvalue weighted by Gasteiger charge is 2.17. The van der Waals surface area contributed by atoms with Crippen molar-refractivity contribution in [2.45, 2.75) is 12.3 Å². The molecule has 2 rings (SSSR count). The number of halogens is 2. The zero-order valence-electron chi connectivity index (χ0n) is 9.54. The van der Waals surface area contributed by atoms with Gasteiger partial charge >= 0.3 is 0 Å². The van der Waals surface area contributed by atoms with E-state index in [4.69, 9.17) is 20.8 Å². The Morgan fingerprint density at radius 2 is 2.06 bits per heavy atom. The summed E-state index contributed by atoms with van der Waals surface area (Å²) in [5.74, 6) is 2.39. The van der Waals surface area contributed by atoms with E-state index in [-0.39, 0.29) is 5.38 Å². The predicted molar refractivity (Wildman–Crippen MR) is 71.8 cm³/mol. The Labute approximate surface area is 114 Å². The van der Waals surface area contributed by atoms with Gasteiger partial charge in [-0.2, -0.15) is 0 Å². The molecule has 1 aromatic carbocycles. The van der Waals surface area contributed by atoms with Crippen LogP contribution in [0.1, 0.15) is 22.5 Å². The number of hydrogen-bond donors (Lipinski definition) is 0. The summed E-state index contributed by atoms with van der Waals surface area (Å²) in [7, 11) is 1.63. The molecule has 0 saturated heterocycles. The van der Waals surface area contributed by atoms with E-state index < -0.39 is 0 Å². The van der Waals surface area contributed by atoms with Gasteiger partial charge in [0.15, 0.2) is 0 Å². The van der Waals surface area contributed by atoms with E-state index in [1.165, 1.54) is 0 Å². The summed E-state index contributed by atoms with van der Waals surface area (Å²) in [6.45, 7) is 1.90. The Balaban J connectivity index is 2.34. The largest absolute Gasteiger partial charge is 0.497 e. The number of hydrogen-bond acceptors (Lipinski definition) is 2. The lowest BCUT2D eigenvalue weighted by atomic mass is 10.1. The van der Waals surface area contributed by atoms with Gasteiger partial charge in [-0.05, 0) is 36.8 Å². The summed E-state index contributed by atoms with van der Waals surface area (Å²) in [6.07, 6.45) is 0. The zero-order valence-corrected chi connectivity index (χ0v) is 11.9. The van der Waals surface area contributed by atoms with Gasteiger partial charge in [0.05, 0.1) is 7.11 Å². The van der Waals surface area contributed by atoms with Crippen LogP contribution in [-0.4, -0.2) is 7.11 Å². The minimum Gasteiger partial charge on any atom is -0.497 e. The maximum absolute atomic E-state index is 6.38. The fourth-order valence-corrected chi connectivity index (χ4v) is 2.61. The average molecular weight is 316 g/mol. The SMILES string of the molecule is COc1ccc(C(Cl)c2ccc(C)o2)c(Br)c1. The van der Waals surface area contributed by atoms with Crippen molar-refractivity contribution in [3.05, 3.63) is 51.9 Å². The Morgan fingerprint density at radius 1 is 1.29 bits per heavy atom. The molecule has 2 nitrogen and oxygen atoms in total. The van der Waals surface area contributed by atoms with Crippen LogP contribution in [0.5, 0.6) is 5.75 Å². The van der Waals surface area contributed by atoms with E-state index >= 15 is 0 Å². The van der Waals surface area contributed by atoms with Gasteiger partial charge in [0.25, 0.3) is 0 Å². The lowest BCUT2D eigenvalue weighted by Crippen LogP contribution is -1.93. The Bertz CT molecular complexity index is 522. The van der Waals surface area contributed by atoms with Gasteiger partial charge in [-0.3, -0.25) is 0 Å². The molecule has 0 amide bonds. The molecular formula is C13H12BrClO2. The summed E-state index contributed by atoms with van der Waals surface area (Å²) in [5.41, 5.74) is 0.960. The molecule has 0 aliphatic heterocycles. The lowest BCUT2D eigenvalue weighted by molar-refractivity contribution is 0.414. The maximum atomic E-state index is 6.38. The fraction of sp³-hybridized carbons (Fsp3) is 0.231. The minimum absolute atomic E-state index is 0.302. The smallest absolute Gasteiger partial charge is 0.126 e. The van der Waals surface area contributed by atoms with Gasteiger partial charge in [0.1, 0.15) is 22.6 Å². The normalized spacial score (nSPS) is 12.5. The van der Waals surface area contributed by atoms with Crippen molar-refractivity contribution in [3.8, 4) is 5.75 Å². The van der Waals surface area contributed by atoms with Crippen molar-refractivity contribution in [1.82, 2.24) is 0 Å². The van der Waals surface area contributed by atoms with Gasteiger partial charge in [-0.1, -0.05) is 22.0 Å². The standard InChI is InChI=1S/C13H12BrClO2/c1-8-3-6-12(17-8)13(15)10-5-4-9(16-2)7-11(10)14/h3-7,13H,1-2H3. The van der Waals surface area contributed by atoms with Gasteiger partial charge in [0.2, 0.25) is 0 Å². The number of ether oxygens (including phenoxy) is 1. The first kappa shape index (κ1) is 12.5. The second kappa shape index (κ2) is 5.15. The van der Waals surface area contributed by atoms with E-state index in [0.29, 0.717) is 0 Å². The number of benzene rings is 1. The molecule has 4 heteroatoms. The van der Waals surface area contributed by atoms with Crippen molar-refractivity contribution < 1.29 is 9.15 Å².